The molecular weight excluding hydrogens is 853 g/mol. The molecule has 0 radical (unpaired) electrons. The van der Waals surface area contributed by atoms with Crippen LogP contribution in [0.1, 0.15) is 77.0 Å². The zero-order valence-electron chi connectivity index (χ0n) is 36.2. The number of aliphatic carboxylic acids is 1. The van der Waals surface area contributed by atoms with Gasteiger partial charge in [0.2, 0.25) is 41.4 Å². The molecule has 24 nitrogen and oxygen atoms in total. The molecule has 4 heterocycles. The van der Waals surface area contributed by atoms with Crippen LogP contribution in [-0.4, -0.2) is 191 Å². The Morgan fingerprint density at radius 2 is 1.40 bits per heavy atom. The maximum Gasteiger partial charge on any atom is 0.317 e. The molecule has 4 saturated heterocycles. The van der Waals surface area contributed by atoms with Gasteiger partial charge in [-0.15, -0.1) is 0 Å². The Bertz CT molecular complexity index is 1890. The largest absolute Gasteiger partial charge is 0.480 e. The molecule has 0 aromatic rings. The standard InChI is InChI=1S/C41H60N12O12/c42-15-2-1-7-27(40(65)52-19-5-10-30(52)38(63)48-23-34(58)53-20-6-13-41(53,25-54)14-16-43)49-32(56)21-46-36(61)28-8-3-17-50(28)33(57)22-47-37(62)29-9-4-18-51(29)39(64)26(11-12-31(44)55)45-24-35(59)60/h1-2,15,22,25-30,42,45H,3-14,16-21,23-24,43H2,(H2,44,55)(H,46,61)(H,48,63)(H,49,56)(H,59,60)/b2-1+,42-15?,47-22?/t26-,27-,28-,29-,30-,41+/m0/s1. The van der Waals surface area contributed by atoms with E-state index < -0.39 is 115 Å². The highest BCUT2D eigenvalue weighted by atomic mass is 16.4. The van der Waals surface area contributed by atoms with Gasteiger partial charge < -0.3 is 62.3 Å². The van der Waals surface area contributed by atoms with E-state index in [1.165, 1.54) is 31.8 Å². The number of aliphatic imine (C=N–C) groups is 1. The third kappa shape index (κ3) is 13.8. The van der Waals surface area contributed by atoms with Gasteiger partial charge in [-0.3, -0.25) is 53.3 Å². The maximum absolute atomic E-state index is 13.9. The minimum absolute atomic E-state index is 0.0612. The number of nitrogens with zero attached hydrogens (tertiary/aromatic N) is 5. The second-order valence-corrected chi connectivity index (χ2v) is 16.3. The van der Waals surface area contributed by atoms with Crippen molar-refractivity contribution in [1.82, 2.24) is 40.9 Å². The molecule has 9 amide bonds. The van der Waals surface area contributed by atoms with E-state index >= 15 is 0 Å². The third-order valence-corrected chi connectivity index (χ3v) is 12.0. The first-order chi connectivity index (χ1) is 31.1. The predicted octanol–water partition coefficient (Wildman–Crippen LogP) is -3.91. The van der Waals surface area contributed by atoms with E-state index in [9.17, 15) is 52.7 Å². The van der Waals surface area contributed by atoms with Crippen molar-refractivity contribution in [2.24, 2.45) is 16.5 Å². The highest BCUT2D eigenvalue weighted by Gasteiger charge is 2.44. The van der Waals surface area contributed by atoms with Crippen LogP contribution in [0.2, 0.25) is 0 Å². The van der Waals surface area contributed by atoms with Crippen LogP contribution in [0.5, 0.6) is 0 Å². The zero-order valence-corrected chi connectivity index (χ0v) is 36.2. The van der Waals surface area contributed by atoms with Gasteiger partial charge in [0.15, 0.2) is 0 Å². The van der Waals surface area contributed by atoms with Crippen LogP contribution in [0, 0.1) is 5.41 Å². The summed E-state index contributed by atoms with van der Waals surface area (Å²) in [5, 5.41) is 26.6. The minimum atomic E-state index is -1.24. The van der Waals surface area contributed by atoms with Crippen LogP contribution in [0.4, 0.5) is 0 Å². The smallest absolute Gasteiger partial charge is 0.317 e. The molecule has 0 spiro atoms. The van der Waals surface area contributed by atoms with Crippen LogP contribution < -0.4 is 32.7 Å². The van der Waals surface area contributed by atoms with Gasteiger partial charge in [-0.05, 0) is 83.2 Å². The number of hydrogen-bond donors (Lipinski definition) is 8. The maximum atomic E-state index is 13.9. The molecule has 4 rings (SSSR count). The van der Waals surface area contributed by atoms with E-state index in [4.69, 9.17) is 22.0 Å². The van der Waals surface area contributed by atoms with Gasteiger partial charge >= 0.3 is 5.97 Å². The fraction of sp³-hybridized carbons (Fsp3) is 0.634. The summed E-state index contributed by atoms with van der Waals surface area (Å²) in [5.74, 6) is -7.23. The van der Waals surface area contributed by atoms with Crippen molar-refractivity contribution in [2.45, 2.75) is 113 Å². The van der Waals surface area contributed by atoms with Crippen molar-refractivity contribution >= 4 is 77.8 Å². The number of primary amides is 1. The van der Waals surface area contributed by atoms with E-state index in [1.807, 2.05) is 0 Å². The Kier molecular flexibility index (Phi) is 19.4. The molecule has 6 atom stereocenters. The van der Waals surface area contributed by atoms with Crippen LogP contribution in [0.15, 0.2) is 17.1 Å². The van der Waals surface area contributed by atoms with Crippen molar-refractivity contribution in [3.8, 4) is 0 Å². The molecule has 4 aliphatic rings. The van der Waals surface area contributed by atoms with E-state index in [0.717, 1.165) is 18.7 Å². The number of nitrogens with two attached hydrogens (primary N) is 2. The van der Waals surface area contributed by atoms with Crippen LogP contribution >= 0.6 is 0 Å². The molecule has 65 heavy (non-hydrogen) atoms. The topological polar surface area (TPSA) is 357 Å². The zero-order chi connectivity index (χ0) is 47.7. The number of nitrogens with one attached hydrogen (secondary N) is 5. The first kappa shape index (κ1) is 51.2. The lowest BCUT2D eigenvalue weighted by Crippen LogP contribution is -2.56. The molecule has 10 N–H and O–H groups in total. The summed E-state index contributed by atoms with van der Waals surface area (Å²) in [6, 6.07) is -5.36. The molecule has 0 aliphatic carbocycles. The molecule has 4 fully saturated rings. The van der Waals surface area contributed by atoms with Crippen molar-refractivity contribution in [2.75, 3.05) is 52.4 Å². The molecule has 0 saturated carbocycles. The molecule has 0 aromatic heterocycles. The summed E-state index contributed by atoms with van der Waals surface area (Å²) < 4.78 is 0. The highest BCUT2D eigenvalue weighted by Crippen LogP contribution is 2.30. The number of carboxylic acids is 1. The lowest BCUT2D eigenvalue weighted by molar-refractivity contribution is -0.143. The van der Waals surface area contributed by atoms with Gasteiger partial charge in [0.05, 0.1) is 37.4 Å². The Hall–Kier alpha value is -6.43. The number of carboxylic acid groups (broad SMARTS) is 1. The number of carbonyl (C=O) groups excluding carboxylic acids is 10. The van der Waals surface area contributed by atoms with Crippen LogP contribution in [0.25, 0.3) is 0 Å². The monoisotopic (exact) mass is 912 g/mol. The summed E-state index contributed by atoms with van der Waals surface area (Å²) >= 11 is 0. The van der Waals surface area contributed by atoms with Crippen molar-refractivity contribution in [1.29, 1.82) is 5.41 Å². The van der Waals surface area contributed by atoms with Gasteiger partial charge in [-0.2, -0.15) is 0 Å². The minimum Gasteiger partial charge on any atom is -0.480 e. The van der Waals surface area contributed by atoms with E-state index in [1.54, 1.807) is 0 Å². The second-order valence-electron chi connectivity index (χ2n) is 16.3. The average molecular weight is 913 g/mol. The number of hydrogen-bond acceptors (Lipinski definition) is 14. The number of aldehydes is 1. The van der Waals surface area contributed by atoms with E-state index in [2.05, 4.69) is 26.3 Å². The quantitative estimate of drug-likeness (QED) is 0.0359. The van der Waals surface area contributed by atoms with Crippen molar-refractivity contribution < 1.29 is 57.8 Å². The first-order valence-electron chi connectivity index (χ1n) is 21.8. The van der Waals surface area contributed by atoms with Crippen LogP contribution in [0.3, 0.4) is 0 Å². The molecule has 0 aromatic carbocycles. The molecule has 24 heteroatoms. The normalized spacial score (nSPS) is 22.8. The number of amides is 9. The number of allylic oxidation sites excluding steroid dienone is 1. The van der Waals surface area contributed by atoms with Gasteiger partial charge in [0, 0.05) is 38.8 Å². The van der Waals surface area contributed by atoms with Gasteiger partial charge in [-0.1, -0.05) is 6.08 Å². The lowest BCUT2D eigenvalue weighted by Gasteiger charge is -2.34. The SMILES string of the molecule is N=C/C=C/C[C@H](NC(=O)CNC(=O)[C@@H]1CCCN1C(=O)C=NC(=O)[C@@H]1CCCN1C(=O)[C@H](CCC(N)=O)NCC(=O)O)C(=O)N1CCC[C@H]1C(=O)NCC(=O)N1CCC[C@]1(C=O)CCN. The molecule has 0 bridgehead atoms. The fourth-order valence-corrected chi connectivity index (χ4v) is 8.76. The Morgan fingerprint density at radius 3 is 2.02 bits per heavy atom. The van der Waals surface area contributed by atoms with Gasteiger partial charge in [0.25, 0.3) is 11.8 Å². The third-order valence-electron chi connectivity index (χ3n) is 12.0. The number of rotatable bonds is 23. The first-order valence-corrected chi connectivity index (χ1v) is 21.8. The number of carbonyl (C=O) groups is 11. The average Bonchev–Trinajstić information content (AvgIpc) is 4.13. The van der Waals surface area contributed by atoms with E-state index in [0.29, 0.717) is 45.1 Å². The Labute approximate surface area is 375 Å². The lowest BCUT2D eigenvalue weighted by atomic mass is 9.93. The summed E-state index contributed by atoms with van der Waals surface area (Å²) in [7, 11) is 0. The van der Waals surface area contributed by atoms with Gasteiger partial charge in [0.1, 0.15) is 30.5 Å². The number of likely N-dealkylation sites (tertiary alicyclic amines) is 4. The van der Waals surface area contributed by atoms with Crippen molar-refractivity contribution in [3.63, 3.8) is 0 Å². The fourth-order valence-electron chi connectivity index (χ4n) is 8.76. The van der Waals surface area contributed by atoms with Crippen LogP contribution in [-0.2, 0) is 52.7 Å². The Morgan fingerprint density at radius 1 is 0.800 bits per heavy atom. The molecule has 0 unspecified atom stereocenters. The molecular formula is C41H60N12O12. The predicted molar refractivity (Wildman–Crippen MR) is 229 cm³/mol. The highest BCUT2D eigenvalue weighted by molar-refractivity contribution is 6.28. The molecule has 4 aliphatic heterocycles. The van der Waals surface area contributed by atoms with Crippen molar-refractivity contribution in [3.05, 3.63) is 12.2 Å². The summed E-state index contributed by atoms with van der Waals surface area (Å²) in [4.78, 5) is 150. The van der Waals surface area contributed by atoms with E-state index in [-0.39, 0.29) is 64.7 Å². The van der Waals surface area contributed by atoms with Gasteiger partial charge in [-0.25, -0.2) is 4.99 Å². The summed E-state index contributed by atoms with van der Waals surface area (Å²) in [5.41, 5.74) is 9.88. The Balaban J connectivity index is 1.32. The second kappa shape index (κ2) is 24.6. The summed E-state index contributed by atoms with van der Waals surface area (Å²) in [6.45, 7) is -0.557. The molecule has 356 valence electrons. The summed E-state index contributed by atoms with van der Waals surface area (Å²) in [6.07, 6.45) is 8.33.